The van der Waals surface area contributed by atoms with Crippen molar-refractivity contribution in [3.63, 3.8) is 0 Å². The Morgan fingerprint density at radius 1 is 1.31 bits per heavy atom. The van der Waals surface area contributed by atoms with Gasteiger partial charge >= 0.3 is 0 Å². The maximum absolute atomic E-state index is 3.64. The van der Waals surface area contributed by atoms with E-state index in [1.807, 2.05) is 31.5 Å². The molecule has 0 radical (unpaired) electrons. The summed E-state index contributed by atoms with van der Waals surface area (Å²) in [5, 5.41) is 0. The van der Waals surface area contributed by atoms with E-state index < -0.39 is 0 Å². The lowest BCUT2D eigenvalue weighted by Crippen LogP contribution is -2.08. The molecule has 0 saturated heterocycles. The first-order valence-electron chi connectivity index (χ1n) is 4.33. The van der Waals surface area contributed by atoms with Crippen molar-refractivity contribution >= 4 is 5.69 Å². The van der Waals surface area contributed by atoms with Gasteiger partial charge in [-0.15, -0.1) is 0 Å². The fraction of sp³-hybridized carbons (Fsp3) is 0.167. The fourth-order valence-corrected chi connectivity index (χ4v) is 1.23. The van der Waals surface area contributed by atoms with Gasteiger partial charge in [0.15, 0.2) is 0 Å². The van der Waals surface area contributed by atoms with Crippen LogP contribution in [-0.2, 0) is 0 Å². The number of rotatable bonds is 3. The zero-order valence-electron chi connectivity index (χ0n) is 8.20. The Hall–Kier alpha value is -1.50. The Bertz CT molecular complexity index is 313. The Morgan fingerprint density at radius 3 is 2.62 bits per heavy atom. The van der Waals surface area contributed by atoms with Crippen LogP contribution >= 0.6 is 0 Å². The Morgan fingerprint density at radius 2 is 2.00 bits per heavy atom. The third-order valence-corrected chi connectivity index (χ3v) is 1.94. The van der Waals surface area contributed by atoms with E-state index in [4.69, 9.17) is 0 Å². The highest BCUT2D eigenvalue weighted by molar-refractivity contribution is 5.54. The lowest BCUT2D eigenvalue weighted by Gasteiger charge is -2.16. The number of benzene rings is 1. The van der Waals surface area contributed by atoms with E-state index in [-0.39, 0.29) is 0 Å². The van der Waals surface area contributed by atoms with Crippen molar-refractivity contribution in [2.45, 2.75) is 6.92 Å². The second-order valence-electron chi connectivity index (χ2n) is 2.97. The first kappa shape index (κ1) is 9.59. The molecule has 0 bridgehead atoms. The van der Waals surface area contributed by atoms with E-state index in [9.17, 15) is 0 Å². The Balaban J connectivity index is 2.88. The van der Waals surface area contributed by atoms with Gasteiger partial charge in [-0.2, -0.15) is 0 Å². The first-order chi connectivity index (χ1) is 6.25. The molecule has 0 amide bonds. The van der Waals surface area contributed by atoms with Crippen molar-refractivity contribution in [1.29, 1.82) is 0 Å². The monoisotopic (exact) mass is 173 g/mol. The predicted octanol–water partition coefficient (Wildman–Crippen LogP) is 3.13. The van der Waals surface area contributed by atoms with Gasteiger partial charge in [-0.3, -0.25) is 0 Å². The number of aryl methyl sites for hydroxylation is 1. The van der Waals surface area contributed by atoms with Crippen LogP contribution < -0.4 is 4.90 Å². The highest BCUT2D eigenvalue weighted by Gasteiger charge is 1.98. The normalized spacial score (nSPS) is 10.3. The molecular formula is C12H15N. The molecule has 0 N–H and O–H groups in total. The molecule has 1 aromatic carbocycles. The van der Waals surface area contributed by atoms with Gasteiger partial charge in [-0.1, -0.05) is 30.9 Å². The molecule has 0 unspecified atom stereocenters. The van der Waals surface area contributed by atoms with Gasteiger partial charge in [-0.05, 0) is 24.6 Å². The minimum absolute atomic E-state index is 1.22. The second kappa shape index (κ2) is 4.51. The maximum atomic E-state index is 3.64. The van der Waals surface area contributed by atoms with Gasteiger partial charge in [0.1, 0.15) is 0 Å². The van der Waals surface area contributed by atoms with Crippen LogP contribution in [0.2, 0.25) is 0 Å². The van der Waals surface area contributed by atoms with Crippen LogP contribution in [0.15, 0.2) is 49.2 Å². The van der Waals surface area contributed by atoms with E-state index >= 15 is 0 Å². The molecule has 1 aromatic rings. The lowest BCUT2D eigenvalue weighted by atomic mass is 10.2. The quantitative estimate of drug-likeness (QED) is 0.635. The van der Waals surface area contributed by atoms with Crippen molar-refractivity contribution in [3.05, 3.63) is 54.8 Å². The van der Waals surface area contributed by atoms with E-state index in [0.717, 1.165) is 0 Å². The van der Waals surface area contributed by atoms with Crippen LogP contribution in [0.1, 0.15) is 5.56 Å². The molecule has 0 aliphatic rings. The summed E-state index contributed by atoms with van der Waals surface area (Å²) >= 11 is 0. The standard InChI is InChI=1S/C12H15N/c1-4-5-10-13(3)12-9-7-6-8-11(12)2/h4-10H,1H2,2-3H3/b10-5+. The fourth-order valence-electron chi connectivity index (χ4n) is 1.23. The highest BCUT2D eigenvalue weighted by atomic mass is 15.1. The predicted molar refractivity (Wildman–Crippen MR) is 58.9 cm³/mol. The molecule has 0 atom stereocenters. The van der Waals surface area contributed by atoms with Gasteiger partial charge < -0.3 is 4.90 Å². The number of allylic oxidation sites excluding steroid dienone is 2. The average Bonchev–Trinajstić information content (AvgIpc) is 2.15. The summed E-state index contributed by atoms with van der Waals surface area (Å²) in [6.45, 7) is 5.74. The molecule has 1 rings (SSSR count). The minimum Gasteiger partial charge on any atom is -0.351 e. The summed E-state index contributed by atoms with van der Waals surface area (Å²) in [4.78, 5) is 2.08. The van der Waals surface area contributed by atoms with E-state index in [1.54, 1.807) is 6.08 Å². The summed E-state index contributed by atoms with van der Waals surface area (Å²) in [6.07, 6.45) is 5.69. The molecule has 0 aromatic heterocycles. The van der Waals surface area contributed by atoms with Crippen molar-refractivity contribution in [1.82, 2.24) is 0 Å². The van der Waals surface area contributed by atoms with Crippen molar-refractivity contribution in [3.8, 4) is 0 Å². The van der Waals surface area contributed by atoms with Gasteiger partial charge in [0.05, 0.1) is 0 Å². The smallest absolute Gasteiger partial charge is 0.0433 e. The molecule has 68 valence electrons. The molecule has 0 saturated carbocycles. The molecular weight excluding hydrogens is 158 g/mol. The summed E-state index contributed by atoms with van der Waals surface area (Å²) in [6, 6.07) is 8.29. The van der Waals surface area contributed by atoms with E-state index in [2.05, 4.69) is 30.5 Å². The number of para-hydroxylation sites is 1. The van der Waals surface area contributed by atoms with Crippen LogP contribution in [0.5, 0.6) is 0 Å². The van der Waals surface area contributed by atoms with Crippen LogP contribution in [0, 0.1) is 6.92 Å². The molecule has 0 aliphatic heterocycles. The Labute approximate surface area is 80.0 Å². The Kier molecular flexibility index (Phi) is 3.32. The second-order valence-corrected chi connectivity index (χ2v) is 2.97. The molecule has 1 heteroatoms. The van der Waals surface area contributed by atoms with Gasteiger partial charge in [0, 0.05) is 18.9 Å². The minimum atomic E-state index is 1.22. The van der Waals surface area contributed by atoms with E-state index in [0.29, 0.717) is 0 Å². The molecule has 0 aliphatic carbocycles. The van der Waals surface area contributed by atoms with Gasteiger partial charge in [-0.25, -0.2) is 0 Å². The molecule has 0 heterocycles. The summed E-state index contributed by atoms with van der Waals surface area (Å²) in [5.74, 6) is 0. The van der Waals surface area contributed by atoms with Gasteiger partial charge in [0.2, 0.25) is 0 Å². The molecule has 1 nitrogen and oxygen atoms in total. The zero-order chi connectivity index (χ0) is 9.68. The third-order valence-electron chi connectivity index (χ3n) is 1.94. The highest BCUT2D eigenvalue weighted by Crippen LogP contribution is 2.17. The SMILES string of the molecule is C=C/C=C/N(C)c1ccccc1C. The molecule has 0 spiro atoms. The first-order valence-corrected chi connectivity index (χ1v) is 4.33. The third kappa shape index (κ3) is 2.48. The number of nitrogens with zero attached hydrogens (tertiary/aromatic N) is 1. The van der Waals surface area contributed by atoms with Crippen LogP contribution in [0.25, 0.3) is 0 Å². The number of hydrogen-bond acceptors (Lipinski definition) is 1. The number of hydrogen-bond donors (Lipinski definition) is 0. The van der Waals surface area contributed by atoms with Crippen LogP contribution in [0.3, 0.4) is 0 Å². The van der Waals surface area contributed by atoms with Crippen molar-refractivity contribution < 1.29 is 0 Å². The summed E-state index contributed by atoms with van der Waals surface area (Å²) in [5.41, 5.74) is 2.50. The lowest BCUT2D eigenvalue weighted by molar-refractivity contribution is 1.18. The van der Waals surface area contributed by atoms with Crippen LogP contribution in [0.4, 0.5) is 5.69 Å². The topological polar surface area (TPSA) is 3.24 Å². The average molecular weight is 173 g/mol. The maximum Gasteiger partial charge on any atom is 0.0433 e. The van der Waals surface area contributed by atoms with Crippen molar-refractivity contribution in [2.24, 2.45) is 0 Å². The van der Waals surface area contributed by atoms with Crippen molar-refractivity contribution in [2.75, 3.05) is 11.9 Å². The van der Waals surface area contributed by atoms with Crippen LogP contribution in [-0.4, -0.2) is 7.05 Å². The zero-order valence-corrected chi connectivity index (χ0v) is 8.20. The molecule has 13 heavy (non-hydrogen) atoms. The van der Waals surface area contributed by atoms with E-state index in [1.165, 1.54) is 11.3 Å². The largest absolute Gasteiger partial charge is 0.351 e. The number of anilines is 1. The molecule has 0 fully saturated rings. The van der Waals surface area contributed by atoms with Gasteiger partial charge in [0.25, 0.3) is 0 Å². The summed E-state index contributed by atoms with van der Waals surface area (Å²) in [7, 11) is 2.03. The summed E-state index contributed by atoms with van der Waals surface area (Å²) < 4.78 is 0.